The molecular weight excluding hydrogens is 390 g/mol. The van der Waals surface area contributed by atoms with Gasteiger partial charge in [0.1, 0.15) is 11.7 Å². The van der Waals surface area contributed by atoms with Crippen LogP contribution in [0.1, 0.15) is 51.9 Å². The molecule has 3 rings (SSSR count). The van der Waals surface area contributed by atoms with Crippen LogP contribution >= 0.6 is 0 Å². The number of carbonyl (C=O) groups is 1. The molecule has 1 amide bonds. The first kappa shape index (κ1) is 23.0. The quantitative estimate of drug-likeness (QED) is 0.398. The number of piperidine rings is 1. The van der Waals surface area contributed by atoms with Crippen molar-refractivity contribution in [3.63, 3.8) is 0 Å². The van der Waals surface area contributed by atoms with Crippen LogP contribution in [0.15, 0.2) is 29.4 Å². The Bertz CT molecular complexity index is 831. The average molecular weight is 426 g/mol. The van der Waals surface area contributed by atoms with Gasteiger partial charge in [-0.2, -0.15) is 10.4 Å². The number of nitrogens with one attached hydrogen (secondary N) is 2. The number of likely N-dealkylation sites (tertiary alicyclic amines) is 1. The summed E-state index contributed by atoms with van der Waals surface area (Å²) in [4.78, 5) is 20.1. The van der Waals surface area contributed by atoms with E-state index in [1.54, 1.807) is 24.0 Å². The van der Waals surface area contributed by atoms with E-state index < -0.39 is 11.8 Å². The first-order valence-corrected chi connectivity index (χ1v) is 11.4. The van der Waals surface area contributed by atoms with Gasteiger partial charge in [0.05, 0.1) is 18.8 Å². The van der Waals surface area contributed by atoms with E-state index in [0.717, 1.165) is 31.5 Å². The summed E-state index contributed by atoms with van der Waals surface area (Å²) in [6.45, 7) is 8.25. The van der Waals surface area contributed by atoms with Gasteiger partial charge in [-0.1, -0.05) is 31.4 Å². The second kappa shape index (κ2) is 11.1. The Morgan fingerprint density at radius 2 is 2.13 bits per heavy atom. The Hall–Kier alpha value is -2.66. The van der Waals surface area contributed by atoms with Gasteiger partial charge >= 0.3 is 0 Å². The summed E-state index contributed by atoms with van der Waals surface area (Å²) in [5, 5.41) is 20.2. The number of anilines is 1. The largest absolute Gasteiger partial charge is 0.368 e. The smallest absolute Gasteiger partial charge is 0.250 e. The van der Waals surface area contributed by atoms with Gasteiger partial charge in [-0.25, -0.2) is 0 Å². The number of carbonyl (C=O) groups excluding carboxylic acids is 1. The van der Waals surface area contributed by atoms with E-state index in [4.69, 9.17) is 0 Å². The van der Waals surface area contributed by atoms with Crippen molar-refractivity contribution in [3.05, 3.63) is 24.4 Å². The van der Waals surface area contributed by atoms with E-state index >= 15 is 0 Å². The Morgan fingerprint density at radius 1 is 1.35 bits per heavy atom. The highest BCUT2D eigenvalue weighted by Gasteiger charge is 2.31. The van der Waals surface area contributed by atoms with Crippen LogP contribution in [0, 0.1) is 17.2 Å². The maximum atomic E-state index is 12.9. The number of aliphatic imine (C=N–C) groups is 1. The van der Waals surface area contributed by atoms with Crippen molar-refractivity contribution in [2.45, 2.75) is 64.0 Å². The molecule has 8 heteroatoms. The van der Waals surface area contributed by atoms with Crippen molar-refractivity contribution < 1.29 is 4.79 Å². The summed E-state index contributed by atoms with van der Waals surface area (Å²) in [5.74, 6) is -0.440. The number of hydrogen-bond donors (Lipinski definition) is 2. The highest BCUT2D eigenvalue weighted by molar-refractivity contribution is 6.10. The van der Waals surface area contributed by atoms with Crippen LogP contribution in [0.5, 0.6) is 0 Å². The average Bonchev–Trinajstić information content (AvgIpc) is 3.17. The second-order valence-electron chi connectivity index (χ2n) is 8.82. The van der Waals surface area contributed by atoms with Crippen LogP contribution in [0.2, 0.25) is 0 Å². The van der Waals surface area contributed by atoms with Gasteiger partial charge in [0.25, 0.3) is 5.91 Å². The fourth-order valence-electron chi connectivity index (χ4n) is 4.49. The third kappa shape index (κ3) is 6.41. The summed E-state index contributed by atoms with van der Waals surface area (Å²) >= 11 is 0. The predicted octanol–water partition coefficient (Wildman–Crippen LogP) is 2.86. The molecule has 1 aromatic rings. The van der Waals surface area contributed by atoms with E-state index in [9.17, 15) is 10.1 Å². The Morgan fingerprint density at radius 3 is 2.77 bits per heavy atom. The summed E-state index contributed by atoms with van der Waals surface area (Å²) in [6, 6.07) is 4.69. The third-order valence-corrected chi connectivity index (χ3v) is 6.15. The molecule has 1 saturated heterocycles. The minimum absolute atomic E-state index is 0.180. The number of nitriles is 1. The Balaban J connectivity index is 1.70. The molecule has 0 unspecified atom stereocenters. The number of amides is 1. The van der Waals surface area contributed by atoms with Crippen molar-refractivity contribution in [2.75, 3.05) is 25.0 Å². The van der Waals surface area contributed by atoms with E-state index in [-0.39, 0.29) is 6.04 Å². The zero-order valence-corrected chi connectivity index (χ0v) is 18.8. The first-order valence-electron chi connectivity index (χ1n) is 11.4. The molecular formula is C23H35N7O. The molecule has 2 atom stereocenters. The summed E-state index contributed by atoms with van der Waals surface area (Å²) in [6.07, 6.45) is 10.3. The first-order chi connectivity index (χ1) is 15.0. The maximum Gasteiger partial charge on any atom is 0.250 e. The molecule has 1 saturated carbocycles. The molecule has 0 radical (unpaired) electrons. The topological polar surface area (TPSA) is 98.3 Å². The van der Waals surface area contributed by atoms with E-state index in [1.165, 1.54) is 32.1 Å². The minimum atomic E-state index is -1.01. The normalized spacial score (nSPS) is 21.8. The summed E-state index contributed by atoms with van der Waals surface area (Å²) < 4.78 is 1.56. The van der Waals surface area contributed by atoms with Crippen LogP contribution in [0.4, 0.5) is 5.82 Å². The number of rotatable bonds is 7. The summed E-state index contributed by atoms with van der Waals surface area (Å²) in [5.41, 5.74) is 0.885. The van der Waals surface area contributed by atoms with E-state index in [2.05, 4.69) is 38.3 Å². The Labute approximate surface area is 185 Å². The molecule has 2 heterocycles. The van der Waals surface area contributed by atoms with Gasteiger partial charge in [-0.15, -0.1) is 0 Å². The number of aromatic nitrogens is 2. The Kier molecular flexibility index (Phi) is 8.24. The van der Waals surface area contributed by atoms with Gasteiger partial charge < -0.3 is 10.6 Å². The lowest BCUT2D eigenvalue weighted by Gasteiger charge is -2.40. The molecule has 1 aliphatic heterocycles. The molecule has 0 bridgehead atoms. The lowest BCUT2D eigenvalue weighted by atomic mass is 9.92. The molecule has 0 aromatic carbocycles. The standard InChI is InChI=1S/C23H35N7O/c1-17(2)15-25-22(20(14-24)23(31)28-21-11-12-26-29(21)3)27-18-8-7-13-30(16-18)19-9-5-4-6-10-19/h11-12,18-20H,1,4-10,13,15-16H2,2-3H3,(H,25,27)(H,28,31)/t18-,20+/m1/s1. The fourth-order valence-corrected chi connectivity index (χ4v) is 4.49. The molecule has 2 N–H and O–H groups in total. The lowest BCUT2D eigenvalue weighted by molar-refractivity contribution is -0.116. The zero-order chi connectivity index (χ0) is 22.2. The number of hydrogen-bond acceptors (Lipinski definition) is 5. The predicted molar refractivity (Wildman–Crippen MR) is 123 cm³/mol. The zero-order valence-electron chi connectivity index (χ0n) is 18.8. The number of aryl methyl sites for hydroxylation is 1. The van der Waals surface area contributed by atoms with E-state index in [1.807, 2.05) is 6.92 Å². The molecule has 8 nitrogen and oxygen atoms in total. The van der Waals surface area contributed by atoms with Gasteiger partial charge in [-0.05, 0) is 39.2 Å². The van der Waals surface area contributed by atoms with E-state index in [0.29, 0.717) is 24.2 Å². The maximum absolute atomic E-state index is 12.9. The molecule has 1 aliphatic carbocycles. The third-order valence-electron chi connectivity index (χ3n) is 6.15. The molecule has 2 aliphatic rings. The van der Waals surface area contributed by atoms with Crippen molar-refractivity contribution in [1.82, 2.24) is 20.0 Å². The van der Waals surface area contributed by atoms with Crippen molar-refractivity contribution in [1.29, 1.82) is 5.26 Å². The highest BCUT2D eigenvalue weighted by atomic mass is 16.2. The second-order valence-corrected chi connectivity index (χ2v) is 8.82. The summed E-state index contributed by atoms with van der Waals surface area (Å²) in [7, 11) is 1.74. The van der Waals surface area contributed by atoms with Crippen molar-refractivity contribution in [3.8, 4) is 6.07 Å². The van der Waals surface area contributed by atoms with Crippen LogP contribution in [0.25, 0.3) is 0 Å². The van der Waals surface area contributed by atoms with Gasteiger partial charge in [0.15, 0.2) is 5.92 Å². The molecule has 1 aromatic heterocycles. The molecule has 0 spiro atoms. The van der Waals surface area contributed by atoms with Gasteiger partial charge in [0.2, 0.25) is 0 Å². The van der Waals surface area contributed by atoms with Crippen molar-refractivity contribution in [2.24, 2.45) is 18.0 Å². The molecule has 31 heavy (non-hydrogen) atoms. The van der Waals surface area contributed by atoms with Crippen LogP contribution in [-0.4, -0.2) is 58.1 Å². The van der Waals surface area contributed by atoms with Crippen LogP contribution in [0.3, 0.4) is 0 Å². The minimum Gasteiger partial charge on any atom is -0.368 e. The van der Waals surface area contributed by atoms with Gasteiger partial charge in [0, 0.05) is 31.7 Å². The van der Waals surface area contributed by atoms with Crippen molar-refractivity contribution >= 4 is 17.6 Å². The highest BCUT2D eigenvalue weighted by Crippen LogP contribution is 2.25. The SMILES string of the molecule is C=C(C)CN=C(N[C@@H]1CCCN(C2CCCCC2)C1)[C@H](C#N)C(=O)Nc1ccnn1C. The van der Waals surface area contributed by atoms with Crippen LogP contribution in [-0.2, 0) is 11.8 Å². The van der Waals surface area contributed by atoms with Crippen LogP contribution < -0.4 is 10.6 Å². The number of nitrogens with zero attached hydrogens (tertiary/aromatic N) is 5. The fraction of sp³-hybridized carbons (Fsp3) is 0.652. The number of amidine groups is 1. The monoisotopic (exact) mass is 425 g/mol. The van der Waals surface area contributed by atoms with Gasteiger partial charge in [-0.3, -0.25) is 19.4 Å². The molecule has 168 valence electrons. The lowest BCUT2D eigenvalue weighted by Crippen LogP contribution is -2.53. The molecule has 2 fully saturated rings.